The third-order valence-corrected chi connectivity index (χ3v) is 4.80. The second-order valence-corrected chi connectivity index (χ2v) is 6.96. The fourth-order valence-electron chi connectivity index (χ4n) is 3.37. The maximum atomic E-state index is 6.14. The topological polar surface area (TPSA) is 96.1 Å². The van der Waals surface area contributed by atoms with E-state index in [-0.39, 0.29) is 6.61 Å². The summed E-state index contributed by atoms with van der Waals surface area (Å²) in [4.78, 5) is 17.6. The molecule has 150 valence electrons. The van der Waals surface area contributed by atoms with Crippen LogP contribution in [0.4, 0.5) is 0 Å². The van der Waals surface area contributed by atoms with Gasteiger partial charge < -0.3 is 14.0 Å². The molecule has 0 atom stereocenters. The molecular formula is C22H19N5O3. The van der Waals surface area contributed by atoms with Gasteiger partial charge in [0.1, 0.15) is 11.5 Å². The minimum Gasteiger partial charge on any atom is -0.484 e. The monoisotopic (exact) mass is 401 g/mol. The number of aryl methyl sites for hydroxylation is 2. The predicted molar refractivity (Wildman–Crippen MR) is 107 cm³/mol. The smallest absolute Gasteiger partial charge is 0.264 e. The lowest BCUT2D eigenvalue weighted by molar-refractivity contribution is 0.242. The van der Waals surface area contributed by atoms with E-state index in [9.17, 15) is 0 Å². The SMILES string of the molecule is Cc1noc(COc2ccc(Oc3nc(-c4ccncc4)nc4c3CCC4)cc2)n1. The normalized spacial score (nSPS) is 12.6. The summed E-state index contributed by atoms with van der Waals surface area (Å²) < 4.78 is 16.9. The van der Waals surface area contributed by atoms with Gasteiger partial charge in [-0.25, -0.2) is 4.98 Å². The van der Waals surface area contributed by atoms with Gasteiger partial charge in [-0.2, -0.15) is 9.97 Å². The molecule has 0 spiro atoms. The van der Waals surface area contributed by atoms with E-state index in [1.807, 2.05) is 36.4 Å². The second kappa shape index (κ2) is 7.90. The number of aromatic nitrogens is 5. The van der Waals surface area contributed by atoms with Gasteiger partial charge in [-0.05, 0) is 62.6 Å². The Morgan fingerprint density at radius 1 is 0.933 bits per heavy atom. The van der Waals surface area contributed by atoms with Crippen LogP contribution in [0.25, 0.3) is 11.4 Å². The van der Waals surface area contributed by atoms with E-state index < -0.39 is 0 Å². The van der Waals surface area contributed by atoms with Crippen molar-refractivity contribution in [3.8, 4) is 28.8 Å². The second-order valence-electron chi connectivity index (χ2n) is 6.96. The summed E-state index contributed by atoms with van der Waals surface area (Å²) in [5, 5.41) is 3.75. The van der Waals surface area contributed by atoms with Crippen molar-refractivity contribution in [1.29, 1.82) is 0 Å². The molecule has 0 aliphatic heterocycles. The van der Waals surface area contributed by atoms with Crippen molar-refractivity contribution in [2.75, 3.05) is 0 Å². The zero-order chi connectivity index (χ0) is 20.3. The highest BCUT2D eigenvalue weighted by atomic mass is 16.5. The number of fused-ring (bicyclic) bond motifs is 1. The lowest BCUT2D eigenvalue weighted by Crippen LogP contribution is -2.01. The van der Waals surface area contributed by atoms with Crippen LogP contribution in [-0.4, -0.2) is 25.1 Å². The molecule has 30 heavy (non-hydrogen) atoms. The maximum absolute atomic E-state index is 6.14. The Balaban J connectivity index is 1.34. The molecule has 0 N–H and O–H groups in total. The van der Waals surface area contributed by atoms with Crippen molar-refractivity contribution in [2.45, 2.75) is 32.8 Å². The van der Waals surface area contributed by atoms with Gasteiger partial charge in [-0.15, -0.1) is 0 Å². The van der Waals surface area contributed by atoms with Crippen LogP contribution in [0.2, 0.25) is 0 Å². The zero-order valence-electron chi connectivity index (χ0n) is 16.4. The molecule has 0 saturated heterocycles. The van der Waals surface area contributed by atoms with E-state index in [0.29, 0.717) is 34.9 Å². The summed E-state index contributed by atoms with van der Waals surface area (Å²) in [6, 6.07) is 11.2. The first kappa shape index (κ1) is 18.2. The summed E-state index contributed by atoms with van der Waals surface area (Å²) in [5.41, 5.74) is 3.06. The van der Waals surface area contributed by atoms with Crippen LogP contribution in [0.5, 0.6) is 17.4 Å². The Morgan fingerprint density at radius 3 is 2.50 bits per heavy atom. The van der Waals surface area contributed by atoms with Gasteiger partial charge in [-0.1, -0.05) is 5.16 Å². The molecule has 8 nitrogen and oxygen atoms in total. The van der Waals surface area contributed by atoms with Crippen molar-refractivity contribution in [1.82, 2.24) is 25.1 Å². The Morgan fingerprint density at radius 2 is 1.73 bits per heavy atom. The van der Waals surface area contributed by atoms with Crippen molar-refractivity contribution in [3.05, 3.63) is 71.8 Å². The van der Waals surface area contributed by atoms with Gasteiger partial charge in [0, 0.05) is 23.5 Å². The fourth-order valence-corrected chi connectivity index (χ4v) is 3.37. The Bertz CT molecular complexity index is 1160. The van der Waals surface area contributed by atoms with Crippen LogP contribution < -0.4 is 9.47 Å². The standard InChI is InChI=1S/C22H19N5O3/c1-14-24-20(30-27-14)13-28-16-5-7-17(8-6-16)29-22-18-3-2-4-19(18)25-21(26-22)15-9-11-23-12-10-15/h5-12H,2-4,13H2,1H3. The highest BCUT2D eigenvalue weighted by molar-refractivity contribution is 5.56. The molecule has 4 aromatic rings. The highest BCUT2D eigenvalue weighted by Crippen LogP contribution is 2.33. The molecular weight excluding hydrogens is 382 g/mol. The first-order valence-corrected chi connectivity index (χ1v) is 9.75. The molecule has 1 aliphatic rings. The van der Waals surface area contributed by atoms with E-state index >= 15 is 0 Å². The lowest BCUT2D eigenvalue weighted by atomic mass is 10.2. The van der Waals surface area contributed by atoms with Crippen molar-refractivity contribution in [2.24, 2.45) is 0 Å². The summed E-state index contributed by atoms with van der Waals surface area (Å²) in [6.07, 6.45) is 6.39. The van der Waals surface area contributed by atoms with Crippen LogP contribution >= 0.6 is 0 Å². The van der Waals surface area contributed by atoms with Crippen LogP contribution in [0.15, 0.2) is 53.3 Å². The quantitative estimate of drug-likeness (QED) is 0.477. The van der Waals surface area contributed by atoms with Crippen LogP contribution in [0, 0.1) is 6.92 Å². The first-order chi connectivity index (χ1) is 14.7. The molecule has 1 aliphatic carbocycles. The molecule has 1 aromatic carbocycles. The Kier molecular flexibility index (Phi) is 4.80. The molecule has 0 fully saturated rings. The maximum Gasteiger partial charge on any atom is 0.264 e. The van der Waals surface area contributed by atoms with Gasteiger partial charge in [0.15, 0.2) is 18.3 Å². The number of hydrogen-bond donors (Lipinski definition) is 0. The number of pyridine rings is 1. The highest BCUT2D eigenvalue weighted by Gasteiger charge is 2.21. The van der Waals surface area contributed by atoms with Gasteiger partial charge >= 0.3 is 0 Å². The van der Waals surface area contributed by atoms with Gasteiger partial charge in [0.05, 0.1) is 5.69 Å². The number of nitrogens with zero attached hydrogens (tertiary/aromatic N) is 5. The largest absolute Gasteiger partial charge is 0.484 e. The molecule has 3 heterocycles. The average molecular weight is 401 g/mol. The summed E-state index contributed by atoms with van der Waals surface area (Å²) in [6.45, 7) is 1.98. The minimum atomic E-state index is 0.218. The van der Waals surface area contributed by atoms with E-state index in [1.54, 1.807) is 19.3 Å². The van der Waals surface area contributed by atoms with E-state index in [1.165, 1.54) is 0 Å². The Hall–Kier alpha value is -3.81. The summed E-state index contributed by atoms with van der Waals surface area (Å²) in [5.74, 6) is 3.66. The molecule has 0 amide bonds. The number of rotatable bonds is 6. The van der Waals surface area contributed by atoms with Gasteiger partial charge in [0.2, 0.25) is 5.88 Å². The lowest BCUT2D eigenvalue weighted by Gasteiger charge is -2.12. The van der Waals surface area contributed by atoms with Crippen LogP contribution in [-0.2, 0) is 19.4 Å². The third-order valence-electron chi connectivity index (χ3n) is 4.80. The number of benzene rings is 1. The Labute approximate surface area is 172 Å². The predicted octanol–water partition coefficient (Wildman–Crippen LogP) is 4.09. The first-order valence-electron chi connectivity index (χ1n) is 9.75. The molecule has 0 saturated carbocycles. The molecule has 5 rings (SSSR count). The average Bonchev–Trinajstić information content (AvgIpc) is 3.43. The van der Waals surface area contributed by atoms with Gasteiger partial charge in [-0.3, -0.25) is 4.98 Å². The molecule has 8 heteroatoms. The molecule has 0 unspecified atom stereocenters. The fraction of sp³-hybridized carbons (Fsp3) is 0.227. The summed E-state index contributed by atoms with van der Waals surface area (Å²) >= 11 is 0. The molecule has 3 aromatic heterocycles. The van der Waals surface area contributed by atoms with Crippen LogP contribution in [0.1, 0.15) is 29.4 Å². The van der Waals surface area contributed by atoms with E-state index in [0.717, 1.165) is 36.1 Å². The number of ether oxygens (including phenoxy) is 2. The minimum absolute atomic E-state index is 0.218. The van der Waals surface area contributed by atoms with Crippen molar-refractivity contribution in [3.63, 3.8) is 0 Å². The van der Waals surface area contributed by atoms with Crippen molar-refractivity contribution >= 4 is 0 Å². The van der Waals surface area contributed by atoms with Crippen molar-refractivity contribution < 1.29 is 14.0 Å². The molecule has 0 bridgehead atoms. The van der Waals surface area contributed by atoms with E-state index in [4.69, 9.17) is 24.0 Å². The van der Waals surface area contributed by atoms with Crippen LogP contribution in [0.3, 0.4) is 0 Å². The van der Waals surface area contributed by atoms with E-state index in [2.05, 4.69) is 15.1 Å². The zero-order valence-corrected chi connectivity index (χ0v) is 16.4. The molecule has 0 radical (unpaired) electrons. The number of hydrogen-bond acceptors (Lipinski definition) is 8. The third kappa shape index (κ3) is 3.84. The summed E-state index contributed by atoms with van der Waals surface area (Å²) in [7, 11) is 0. The van der Waals surface area contributed by atoms with Gasteiger partial charge in [0.25, 0.3) is 5.89 Å².